The molecule has 0 unspecified atom stereocenters. The number of nitrogens with zero attached hydrogens (tertiary/aromatic N) is 2. The molecule has 0 aliphatic carbocycles. The fourth-order valence-corrected chi connectivity index (χ4v) is 1.58. The molecule has 1 aromatic heterocycles. The largest absolute Gasteiger partial charge is 0.489 e. The minimum absolute atomic E-state index is 0.115. The highest BCUT2D eigenvalue weighted by Crippen LogP contribution is 2.34. The van der Waals surface area contributed by atoms with Gasteiger partial charge in [-0.3, -0.25) is 4.79 Å². The van der Waals surface area contributed by atoms with Crippen molar-refractivity contribution >= 4 is 11.7 Å². The lowest BCUT2D eigenvalue weighted by atomic mass is 10.2. The Morgan fingerprint density at radius 2 is 2.05 bits per heavy atom. The number of amides is 1. The van der Waals surface area contributed by atoms with Gasteiger partial charge in [0.1, 0.15) is 12.1 Å². The van der Waals surface area contributed by atoms with E-state index in [4.69, 9.17) is 21.1 Å². The van der Waals surface area contributed by atoms with Gasteiger partial charge < -0.3 is 20.6 Å². The number of nitrogen functional groups attached to an aromatic ring is 1. The maximum absolute atomic E-state index is 11.3. The molecular formula is C12H13N5O3. The van der Waals surface area contributed by atoms with Crippen LogP contribution in [0, 0.1) is 0 Å². The lowest BCUT2D eigenvalue weighted by Gasteiger charge is -2.12. The van der Waals surface area contributed by atoms with Gasteiger partial charge in [-0.2, -0.15) is 4.98 Å². The van der Waals surface area contributed by atoms with Gasteiger partial charge in [-0.05, 0) is 12.1 Å². The van der Waals surface area contributed by atoms with Crippen LogP contribution in [0.4, 0.5) is 5.82 Å². The molecule has 20 heavy (non-hydrogen) atoms. The predicted molar refractivity (Wildman–Crippen MR) is 71.4 cm³/mol. The number of aromatic nitrogens is 2. The van der Waals surface area contributed by atoms with Gasteiger partial charge >= 0.3 is 0 Å². The summed E-state index contributed by atoms with van der Waals surface area (Å²) < 4.78 is 10.7. The molecule has 8 heteroatoms. The number of anilines is 1. The summed E-state index contributed by atoms with van der Waals surface area (Å²) >= 11 is 0. The lowest BCUT2D eigenvalue weighted by molar-refractivity contribution is 0.0998. The summed E-state index contributed by atoms with van der Waals surface area (Å²) in [6.45, 7) is 0. The maximum atomic E-state index is 11.3. The number of nitrogens with one attached hydrogen (secondary N) is 1. The number of carbonyl (C=O) groups is 1. The Hall–Kier alpha value is -2.87. The molecule has 104 valence electrons. The number of carbonyl (C=O) groups excluding carboxylic acids is 1. The van der Waals surface area contributed by atoms with Crippen molar-refractivity contribution in [2.45, 2.75) is 0 Å². The van der Waals surface area contributed by atoms with Crippen LogP contribution in [0.2, 0.25) is 0 Å². The van der Waals surface area contributed by atoms with Crippen molar-refractivity contribution in [2.75, 3.05) is 12.5 Å². The molecule has 0 atom stereocenters. The number of hydrogen-bond acceptors (Lipinski definition) is 7. The molecule has 5 N–H and O–H groups in total. The monoisotopic (exact) mass is 275 g/mol. The van der Waals surface area contributed by atoms with E-state index in [1.807, 2.05) is 0 Å². The Kier molecular flexibility index (Phi) is 3.96. The Balaban J connectivity index is 2.43. The number of ether oxygens (including phenoxy) is 2. The number of hydrazine groups is 1. The van der Waals surface area contributed by atoms with Crippen LogP contribution in [0.1, 0.15) is 10.4 Å². The molecule has 1 aromatic carbocycles. The summed E-state index contributed by atoms with van der Waals surface area (Å²) in [6, 6.07) is 6.53. The topological polar surface area (TPSA) is 125 Å². The highest BCUT2D eigenvalue weighted by Gasteiger charge is 2.16. The Morgan fingerprint density at radius 3 is 2.70 bits per heavy atom. The van der Waals surface area contributed by atoms with Gasteiger partial charge in [-0.15, -0.1) is 0 Å². The molecule has 2 rings (SSSR count). The SMILES string of the molecule is COc1c(NN)ncnc1Oc1ccccc1C(N)=O. The third-order valence-electron chi connectivity index (χ3n) is 2.47. The summed E-state index contributed by atoms with van der Waals surface area (Å²) in [6.07, 6.45) is 1.25. The smallest absolute Gasteiger partial charge is 0.268 e. The average molecular weight is 275 g/mol. The van der Waals surface area contributed by atoms with Crippen LogP contribution >= 0.6 is 0 Å². The van der Waals surface area contributed by atoms with Gasteiger partial charge in [-0.1, -0.05) is 12.1 Å². The summed E-state index contributed by atoms with van der Waals surface area (Å²) in [4.78, 5) is 19.2. The van der Waals surface area contributed by atoms with Gasteiger partial charge in [0, 0.05) is 0 Å². The number of primary amides is 1. The standard InChI is InChI=1S/C12H13N5O3/c1-19-9-11(17-14)15-6-16-12(9)20-8-5-3-2-4-7(8)10(13)18/h2-6H,14H2,1H3,(H2,13,18)(H,15,16,17). The zero-order valence-corrected chi connectivity index (χ0v) is 10.7. The molecule has 8 nitrogen and oxygen atoms in total. The molecule has 0 aliphatic heterocycles. The van der Waals surface area contributed by atoms with Gasteiger partial charge in [0.2, 0.25) is 5.75 Å². The van der Waals surface area contributed by atoms with E-state index < -0.39 is 5.91 Å². The van der Waals surface area contributed by atoms with Crippen LogP contribution in [0.5, 0.6) is 17.4 Å². The highest BCUT2D eigenvalue weighted by molar-refractivity contribution is 5.95. The van der Waals surface area contributed by atoms with E-state index in [0.29, 0.717) is 0 Å². The Labute approximate surface area is 114 Å². The first-order valence-electron chi connectivity index (χ1n) is 5.59. The van der Waals surface area contributed by atoms with Crippen LogP contribution in [0.3, 0.4) is 0 Å². The van der Waals surface area contributed by atoms with Crippen molar-refractivity contribution in [3.8, 4) is 17.4 Å². The first-order chi connectivity index (χ1) is 9.67. The van der Waals surface area contributed by atoms with Crippen LogP contribution in [0.25, 0.3) is 0 Å². The second-order valence-electron chi connectivity index (χ2n) is 3.67. The minimum Gasteiger partial charge on any atom is -0.489 e. The zero-order chi connectivity index (χ0) is 14.5. The van der Waals surface area contributed by atoms with Gasteiger partial charge in [0.15, 0.2) is 5.82 Å². The van der Waals surface area contributed by atoms with E-state index in [1.165, 1.54) is 13.4 Å². The fourth-order valence-electron chi connectivity index (χ4n) is 1.58. The van der Waals surface area contributed by atoms with E-state index in [9.17, 15) is 4.79 Å². The fraction of sp³-hybridized carbons (Fsp3) is 0.0833. The quantitative estimate of drug-likeness (QED) is 0.540. The molecule has 0 radical (unpaired) electrons. The van der Waals surface area contributed by atoms with Crippen LogP contribution in [0.15, 0.2) is 30.6 Å². The molecule has 0 bridgehead atoms. The van der Waals surface area contributed by atoms with E-state index in [2.05, 4.69) is 15.4 Å². The van der Waals surface area contributed by atoms with Gasteiger partial charge in [0.05, 0.1) is 12.7 Å². The summed E-state index contributed by atoms with van der Waals surface area (Å²) in [5.74, 6) is 5.57. The van der Waals surface area contributed by atoms with Crippen molar-refractivity contribution < 1.29 is 14.3 Å². The normalized spacial score (nSPS) is 9.90. The minimum atomic E-state index is -0.606. The molecule has 0 spiro atoms. The summed E-state index contributed by atoms with van der Waals surface area (Å²) in [5.41, 5.74) is 7.87. The maximum Gasteiger partial charge on any atom is 0.268 e. The highest BCUT2D eigenvalue weighted by atomic mass is 16.5. The first-order valence-corrected chi connectivity index (χ1v) is 5.59. The number of nitrogens with two attached hydrogens (primary N) is 2. The van der Waals surface area contributed by atoms with Crippen molar-refractivity contribution in [1.82, 2.24) is 9.97 Å². The number of benzene rings is 1. The number of para-hydroxylation sites is 1. The van der Waals surface area contributed by atoms with Crippen molar-refractivity contribution in [2.24, 2.45) is 11.6 Å². The molecule has 2 aromatic rings. The molecule has 0 saturated carbocycles. The second-order valence-corrected chi connectivity index (χ2v) is 3.67. The van der Waals surface area contributed by atoms with E-state index >= 15 is 0 Å². The average Bonchev–Trinajstić information content (AvgIpc) is 2.47. The number of rotatable bonds is 5. The summed E-state index contributed by atoms with van der Waals surface area (Å²) in [5, 5.41) is 0. The molecule has 0 aliphatic rings. The number of methoxy groups -OCH3 is 1. The molecule has 0 saturated heterocycles. The van der Waals surface area contributed by atoms with E-state index in [1.54, 1.807) is 24.3 Å². The van der Waals surface area contributed by atoms with Crippen LogP contribution < -0.4 is 26.5 Å². The van der Waals surface area contributed by atoms with Crippen LogP contribution in [-0.2, 0) is 0 Å². The molecular weight excluding hydrogens is 262 g/mol. The van der Waals surface area contributed by atoms with Crippen molar-refractivity contribution in [3.05, 3.63) is 36.2 Å². The lowest BCUT2D eigenvalue weighted by Crippen LogP contribution is -2.13. The first kappa shape index (κ1) is 13.6. The molecule has 1 amide bonds. The Bertz CT molecular complexity index is 632. The van der Waals surface area contributed by atoms with Crippen molar-refractivity contribution in [1.29, 1.82) is 0 Å². The van der Waals surface area contributed by atoms with E-state index in [-0.39, 0.29) is 28.8 Å². The van der Waals surface area contributed by atoms with Crippen molar-refractivity contribution in [3.63, 3.8) is 0 Å². The van der Waals surface area contributed by atoms with Gasteiger partial charge in [0.25, 0.3) is 11.8 Å². The van der Waals surface area contributed by atoms with Gasteiger partial charge in [-0.25, -0.2) is 10.8 Å². The molecule has 0 fully saturated rings. The van der Waals surface area contributed by atoms with E-state index in [0.717, 1.165) is 0 Å². The zero-order valence-electron chi connectivity index (χ0n) is 10.7. The summed E-state index contributed by atoms with van der Waals surface area (Å²) in [7, 11) is 1.42. The molecule has 1 heterocycles. The predicted octanol–water partition coefficient (Wildman–Crippen LogP) is 0.662. The third kappa shape index (κ3) is 2.59. The number of hydrogen-bond donors (Lipinski definition) is 3. The Morgan fingerprint density at radius 1 is 1.30 bits per heavy atom. The third-order valence-corrected chi connectivity index (χ3v) is 2.47. The van der Waals surface area contributed by atoms with Crippen LogP contribution in [-0.4, -0.2) is 23.0 Å². The second kappa shape index (κ2) is 5.85.